The molecule has 1 atom stereocenters. The first-order chi connectivity index (χ1) is 6.50. The maximum Gasteiger partial charge on any atom is 0.320 e. The van der Waals surface area contributed by atoms with Crippen LogP contribution < -0.4 is 11.5 Å². The van der Waals surface area contributed by atoms with Gasteiger partial charge < -0.3 is 16.6 Å². The van der Waals surface area contributed by atoms with Crippen LogP contribution in [0.5, 0.6) is 0 Å². The summed E-state index contributed by atoms with van der Waals surface area (Å²) < 4.78 is 0. The Morgan fingerprint density at radius 2 is 2.29 bits per heavy atom. The van der Waals surface area contributed by atoms with Gasteiger partial charge in [0, 0.05) is 12.1 Å². The fraction of sp³-hybridized carbons (Fsp3) is 0.333. The van der Waals surface area contributed by atoms with Crippen molar-refractivity contribution in [2.75, 3.05) is 5.73 Å². The van der Waals surface area contributed by atoms with Crippen LogP contribution in [0.25, 0.3) is 0 Å². The summed E-state index contributed by atoms with van der Waals surface area (Å²) in [7, 11) is 0. The van der Waals surface area contributed by atoms with Crippen LogP contribution in [0.15, 0.2) is 12.1 Å². The van der Waals surface area contributed by atoms with Crippen LogP contribution in [0.3, 0.4) is 0 Å². The van der Waals surface area contributed by atoms with Gasteiger partial charge in [-0.2, -0.15) is 0 Å². The average Bonchev–Trinajstić information content (AvgIpc) is 2.09. The molecule has 0 saturated carbocycles. The number of nitrogens with two attached hydrogens (primary N) is 2. The number of hydrogen-bond donors (Lipinski definition) is 3. The number of nitrogen functional groups attached to an aromatic ring is 1. The maximum atomic E-state index is 10.5. The summed E-state index contributed by atoms with van der Waals surface area (Å²) in [6.45, 7) is 1.78. The molecule has 0 saturated heterocycles. The van der Waals surface area contributed by atoms with Crippen LogP contribution >= 0.6 is 0 Å². The Kier molecular flexibility index (Phi) is 3.03. The first-order valence-electron chi connectivity index (χ1n) is 4.21. The number of pyridine rings is 1. The van der Waals surface area contributed by atoms with Crippen molar-refractivity contribution in [3.63, 3.8) is 0 Å². The molecular weight excluding hydrogens is 182 g/mol. The number of rotatable bonds is 3. The Hall–Kier alpha value is -1.62. The Balaban J connectivity index is 2.82. The van der Waals surface area contributed by atoms with Crippen LogP contribution in [0.4, 0.5) is 5.82 Å². The van der Waals surface area contributed by atoms with Crippen LogP contribution in [-0.4, -0.2) is 22.1 Å². The van der Waals surface area contributed by atoms with E-state index in [4.69, 9.17) is 16.6 Å². The van der Waals surface area contributed by atoms with E-state index in [1.54, 1.807) is 19.1 Å². The summed E-state index contributed by atoms with van der Waals surface area (Å²) in [5.74, 6) is -0.587. The molecule has 76 valence electrons. The third-order valence-electron chi connectivity index (χ3n) is 1.97. The molecule has 5 N–H and O–H groups in total. The highest BCUT2D eigenvalue weighted by atomic mass is 16.4. The van der Waals surface area contributed by atoms with Gasteiger partial charge in [-0.1, -0.05) is 6.07 Å². The number of hydrogen-bond acceptors (Lipinski definition) is 4. The highest BCUT2D eigenvalue weighted by molar-refractivity contribution is 5.73. The number of aromatic nitrogens is 1. The molecule has 1 heterocycles. The number of carboxylic acid groups (broad SMARTS) is 1. The molecule has 0 aliphatic heterocycles. The third-order valence-corrected chi connectivity index (χ3v) is 1.97. The Morgan fingerprint density at radius 3 is 2.79 bits per heavy atom. The van der Waals surface area contributed by atoms with Gasteiger partial charge in [-0.15, -0.1) is 0 Å². The van der Waals surface area contributed by atoms with Crippen molar-refractivity contribution in [3.8, 4) is 0 Å². The minimum Gasteiger partial charge on any atom is -0.480 e. The van der Waals surface area contributed by atoms with Crippen molar-refractivity contribution in [2.24, 2.45) is 5.73 Å². The van der Waals surface area contributed by atoms with Gasteiger partial charge in [0.05, 0.1) is 0 Å². The van der Waals surface area contributed by atoms with E-state index in [1.165, 1.54) is 0 Å². The molecule has 5 nitrogen and oxygen atoms in total. The number of nitrogens with zero attached hydrogens (tertiary/aromatic N) is 1. The van der Waals surface area contributed by atoms with Gasteiger partial charge in [0.1, 0.15) is 11.9 Å². The third kappa shape index (κ3) is 2.43. The summed E-state index contributed by atoms with van der Waals surface area (Å²) >= 11 is 0. The zero-order valence-electron chi connectivity index (χ0n) is 7.90. The molecule has 1 unspecified atom stereocenters. The van der Waals surface area contributed by atoms with Crippen molar-refractivity contribution in [2.45, 2.75) is 19.4 Å². The standard InChI is InChI=1S/C9H13N3O2/c1-5-6(2-3-8(11)12-5)4-7(10)9(13)14/h2-3,7H,4,10H2,1H3,(H2,11,12)(H,13,14). The van der Waals surface area contributed by atoms with E-state index in [1.807, 2.05) is 0 Å². The lowest BCUT2D eigenvalue weighted by atomic mass is 10.1. The quantitative estimate of drug-likeness (QED) is 0.626. The van der Waals surface area contributed by atoms with Gasteiger partial charge in [-0.3, -0.25) is 4.79 Å². The topological polar surface area (TPSA) is 102 Å². The smallest absolute Gasteiger partial charge is 0.320 e. The van der Waals surface area contributed by atoms with Crippen molar-refractivity contribution in [1.82, 2.24) is 4.98 Å². The number of carbonyl (C=O) groups is 1. The number of anilines is 1. The average molecular weight is 195 g/mol. The van der Waals surface area contributed by atoms with Crippen molar-refractivity contribution in [3.05, 3.63) is 23.4 Å². The van der Waals surface area contributed by atoms with Crippen LogP contribution in [0.2, 0.25) is 0 Å². The Morgan fingerprint density at radius 1 is 1.64 bits per heavy atom. The highest BCUT2D eigenvalue weighted by Gasteiger charge is 2.13. The van der Waals surface area contributed by atoms with E-state index >= 15 is 0 Å². The van der Waals surface area contributed by atoms with E-state index in [-0.39, 0.29) is 6.42 Å². The molecule has 0 aromatic carbocycles. The van der Waals surface area contributed by atoms with E-state index in [2.05, 4.69) is 4.98 Å². The second kappa shape index (κ2) is 4.06. The zero-order chi connectivity index (χ0) is 10.7. The maximum absolute atomic E-state index is 10.5. The molecule has 1 aromatic heterocycles. The first-order valence-corrected chi connectivity index (χ1v) is 4.21. The summed E-state index contributed by atoms with van der Waals surface area (Å²) in [6.07, 6.45) is 0.272. The number of aliphatic carboxylic acids is 1. The number of aryl methyl sites for hydroxylation is 1. The normalized spacial score (nSPS) is 12.4. The second-order valence-electron chi connectivity index (χ2n) is 3.13. The Labute approximate surface area is 81.7 Å². The van der Waals surface area contributed by atoms with Gasteiger partial charge in [0.15, 0.2) is 0 Å². The van der Waals surface area contributed by atoms with E-state index in [0.29, 0.717) is 5.82 Å². The second-order valence-corrected chi connectivity index (χ2v) is 3.13. The van der Waals surface area contributed by atoms with Crippen LogP contribution in [0.1, 0.15) is 11.3 Å². The largest absolute Gasteiger partial charge is 0.480 e. The minimum atomic E-state index is -1.01. The molecule has 0 radical (unpaired) electrons. The zero-order valence-corrected chi connectivity index (χ0v) is 7.90. The molecule has 14 heavy (non-hydrogen) atoms. The summed E-state index contributed by atoms with van der Waals surface area (Å²) in [5, 5.41) is 8.62. The lowest BCUT2D eigenvalue weighted by Gasteiger charge is -2.08. The van der Waals surface area contributed by atoms with Crippen LogP contribution in [0, 0.1) is 6.92 Å². The molecule has 0 bridgehead atoms. The van der Waals surface area contributed by atoms with E-state index in [0.717, 1.165) is 11.3 Å². The lowest BCUT2D eigenvalue weighted by Crippen LogP contribution is -2.32. The molecule has 0 spiro atoms. The molecule has 1 rings (SSSR count). The van der Waals surface area contributed by atoms with Gasteiger partial charge >= 0.3 is 5.97 Å². The monoisotopic (exact) mass is 195 g/mol. The molecule has 5 heteroatoms. The SMILES string of the molecule is Cc1nc(N)ccc1CC(N)C(=O)O. The molecular formula is C9H13N3O2. The van der Waals surface area contributed by atoms with Gasteiger partial charge in [0.25, 0.3) is 0 Å². The number of carboxylic acids is 1. The van der Waals surface area contributed by atoms with Gasteiger partial charge in [-0.25, -0.2) is 4.98 Å². The lowest BCUT2D eigenvalue weighted by molar-refractivity contribution is -0.138. The first kappa shape index (κ1) is 10.5. The molecule has 0 aliphatic rings. The summed E-state index contributed by atoms with van der Waals surface area (Å²) in [6, 6.07) is 2.50. The van der Waals surface area contributed by atoms with Crippen LogP contribution in [-0.2, 0) is 11.2 Å². The van der Waals surface area contributed by atoms with Crippen molar-refractivity contribution < 1.29 is 9.90 Å². The molecule has 0 fully saturated rings. The van der Waals surface area contributed by atoms with Gasteiger partial charge in [-0.05, 0) is 18.6 Å². The predicted octanol–water partition coefficient (Wildman–Crippen LogP) is -0.0734. The van der Waals surface area contributed by atoms with Crippen molar-refractivity contribution in [1.29, 1.82) is 0 Å². The molecule has 1 aromatic rings. The predicted molar refractivity (Wildman–Crippen MR) is 52.7 cm³/mol. The van der Waals surface area contributed by atoms with E-state index < -0.39 is 12.0 Å². The molecule has 0 aliphatic carbocycles. The highest BCUT2D eigenvalue weighted by Crippen LogP contribution is 2.09. The summed E-state index contributed by atoms with van der Waals surface area (Å²) in [4.78, 5) is 14.5. The van der Waals surface area contributed by atoms with E-state index in [9.17, 15) is 4.79 Å². The van der Waals surface area contributed by atoms with Crippen molar-refractivity contribution >= 4 is 11.8 Å². The van der Waals surface area contributed by atoms with Gasteiger partial charge in [0.2, 0.25) is 0 Å². The minimum absolute atomic E-state index is 0.272. The fourth-order valence-electron chi connectivity index (χ4n) is 1.15. The molecule has 0 amide bonds. The summed E-state index contributed by atoms with van der Waals surface area (Å²) in [5.41, 5.74) is 12.4. The fourth-order valence-corrected chi connectivity index (χ4v) is 1.15. The Bertz CT molecular complexity index is 352.